The summed E-state index contributed by atoms with van der Waals surface area (Å²) in [5.74, 6) is 0.709. The van der Waals surface area contributed by atoms with Crippen LogP contribution in [0, 0.1) is 40.0 Å². The number of fused-ring (bicyclic) bond motifs is 1. The minimum absolute atomic E-state index is 0.0989. The smallest absolute Gasteiger partial charge is 0.308 e. The molecule has 1 amide bonds. The molecule has 1 N–H and O–H groups in total. The molecule has 356 valence electrons. The Morgan fingerprint density at radius 2 is 1.36 bits per heavy atom. The zero-order chi connectivity index (χ0) is 49.1. The molecule has 0 aliphatic carbocycles. The van der Waals surface area contributed by atoms with Crippen LogP contribution < -0.4 is 14.8 Å². The van der Waals surface area contributed by atoms with E-state index in [0.717, 1.165) is 47.9 Å². The maximum Gasteiger partial charge on any atom is 0.308 e. The van der Waals surface area contributed by atoms with E-state index in [-0.39, 0.29) is 54.0 Å². The van der Waals surface area contributed by atoms with Gasteiger partial charge in [-0.2, -0.15) is 9.97 Å². The molecule has 4 rings (SSSR count). The number of carbonyl (C=O) groups excluding carboxylic acids is 5. The zero-order valence-corrected chi connectivity index (χ0v) is 41.1. The van der Waals surface area contributed by atoms with E-state index in [1.54, 1.807) is 12.1 Å². The van der Waals surface area contributed by atoms with Crippen molar-refractivity contribution in [1.82, 2.24) is 19.5 Å². The zero-order valence-electron chi connectivity index (χ0n) is 40.4. The Kier molecular flexibility index (Phi) is 18.0. The fourth-order valence-corrected chi connectivity index (χ4v) is 8.72. The number of amides is 1. The van der Waals surface area contributed by atoms with E-state index in [1.165, 1.54) is 31.9 Å². The lowest BCUT2D eigenvalue weighted by molar-refractivity contribution is -0.175. The number of esters is 4. The number of methoxy groups -OCH3 is 1. The molecule has 16 heteroatoms. The van der Waals surface area contributed by atoms with Gasteiger partial charge in [-0.05, 0) is 80.1 Å². The Morgan fingerprint density at radius 3 is 1.88 bits per heavy atom. The minimum Gasteiger partial charge on any atom is -0.461 e. The van der Waals surface area contributed by atoms with Crippen LogP contribution in [0.3, 0.4) is 0 Å². The average molecular weight is 931 g/mol. The number of nitrogens with one attached hydrogen (secondary N) is 1. The number of hydrogen-bond donors (Lipinski definition) is 1. The number of terminal acetylenes is 1. The van der Waals surface area contributed by atoms with E-state index in [4.69, 9.17) is 41.7 Å². The van der Waals surface area contributed by atoms with Gasteiger partial charge in [0.2, 0.25) is 16.8 Å². The van der Waals surface area contributed by atoms with Crippen molar-refractivity contribution in [2.24, 2.45) is 0 Å². The fourth-order valence-electron chi connectivity index (χ4n) is 8.56. The highest BCUT2D eigenvalue weighted by molar-refractivity contribution is 6.28. The molecule has 2 heterocycles. The highest BCUT2D eigenvalue weighted by Gasteiger charge is 2.44. The molecule has 2 aromatic carbocycles. The molecule has 0 aliphatic heterocycles. The number of carbonyl (C=O) groups is 5. The van der Waals surface area contributed by atoms with Crippen molar-refractivity contribution in [2.45, 2.75) is 157 Å². The van der Waals surface area contributed by atoms with Gasteiger partial charge in [0, 0.05) is 49.3 Å². The summed E-state index contributed by atoms with van der Waals surface area (Å²) in [4.78, 5) is 78.6. The van der Waals surface area contributed by atoms with Gasteiger partial charge in [-0.1, -0.05) is 78.4 Å². The Balaban J connectivity index is 1.72. The first-order valence-electron chi connectivity index (χ1n) is 22.1. The van der Waals surface area contributed by atoms with Crippen molar-refractivity contribution >= 4 is 58.4 Å². The predicted molar refractivity (Wildman–Crippen MR) is 251 cm³/mol. The second kappa shape index (κ2) is 22.6. The second-order valence-corrected chi connectivity index (χ2v) is 18.6. The third-order valence-corrected chi connectivity index (χ3v) is 11.5. The summed E-state index contributed by atoms with van der Waals surface area (Å²) >= 11 is 6.42. The lowest BCUT2D eigenvalue weighted by atomic mass is 9.78. The maximum absolute atomic E-state index is 14.3. The number of benzene rings is 2. The molecule has 15 nitrogen and oxygen atoms in total. The molecule has 0 fully saturated rings. The van der Waals surface area contributed by atoms with Crippen LogP contribution in [0.25, 0.3) is 11.2 Å². The van der Waals surface area contributed by atoms with Gasteiger partial charge < -0.3 is 33.6 Å². The topological polar surface area (TPSA) is 187 Å². The van der Waals surface area contributed by atoms with Gasteiger partial charge >= 0.3 is 23.9 Å². The van der Waals surface area contributed by atoms with Crippen molar-refractivity contribution in [1.29, 1.82) is 0 Å². The van der Waals surface area contributed by atoms with Crippen LogP contribution in [0.15, 0.2) is 30.6 Å². The SMILES string of the molecule is C#CC(COC(=O)CC(C)(C)c1c(C)cc(C)cc1OC(C)=O)(OC)[C@H](Cn1cnc2c(NC(=O)CCCCCCC)nc(Cl)nc21)OC(=O)CC(C)(C)c1c(C)cc(C)cc1OC(C)=O. The number of ether oxygens (including phenoxy) is 5. The number of halogens is 1. The van der Waals surface area contributed by atoms with Crippen LogP contribution >= 0.6 is 11.6 Å². The van der Waals surface area contributed by atoms with Crippen LogP contribution in [-0.2, 0) is 55.6 Å². The van der Waals surface area contributed by atoms with E-state index in [9.17, 15) is 24.0 Å². The van der Waals surface area contributed by atoms with Gasteiger partial charge in [0.1, 0.15) is 18.1 Å². The van der Waals surface area contributed by atoms with Crippen molar-refractivity contribution in [3.63, 3.8) is 0 Å². The molecule has 0 bridgehead atoms. The molecule has 66 heavy (non-hydrogen) atoms. The molecule has 1 unspecified atom stereocenters. The molecule has 2 atom stereocenters. The normalized spacial score (nSPS) is 13.0. The number of imidazole rings is 1. The van der Waals surface area contributed by atoms with Gasteiger partial charge in [0.15, 0.2) is 23.1 Å². The highest BCUT2D eigenvalue weighted by atomic mass is 35.5. The monoisotopic (exact) mass is 929 g/mol. The van der Waals surface area contributed by atoms with Crippen molar-refractivity contribution in [2.75, 3.05) is 19.0 Å². The maximum atomic E-state index is 14.3. The molecule has 0 spiro atoms. The van der Waals surface area contributed by atoms with Crippen molar-refractivity contribution in [3.8, 4) is 23.8 Å². The second-order valence-electron chi connectivity index (χ2n) is 18.2. The first-order valence-corrected chi connectivity index (χ1v) is 22.5. The van der Waals surface area contributed by atoms with E-state index in [2.05, 4.69) is 33.1 Å². The molecular formula is C50H64ClN5O10. The predicted octanol–water partition coefficient (Wildman–Crippen LogP) is 9.07. The number of aryl methyl sites for hydroxylation is 4. The standard InChI is InChI=1S/C50H64ClN5O10/c1-14-16-17-18-19-20-39(59)53-45-44-46(55-47(51)54-45)56(29-52-44)27-38(66-41(61)26-49(11,12)43-33(6)22-31(4)24-37(43)65-35(8)58)50(15-2,62-13)28-63-40(60)25-48(9,10)42-32(5)21-30(3)23-36(42)64-34(7)57/h2,21-24,29,38H,14,16-20,25-28H2,1,3-13H3,(H,53,54,55,59)/t38-,50?/m0/s1. The lowest BCUT2D eigenvalue weighted by Crippen LogP contribution is -2.52. The summed E-state index contributed by atoms with van der Waals surface area (Å²) < 4.78 is 30.9. The summed E-state index contributed by atoms with van der Waals surface area (Å²) in [6, 6.07) is 7.35. The Morgan fingerprint density at radius 1 is 0.818 bits per heavy atom. The number of rotatable bonds is 22. The van der Waals surface area contributed by atoms with Gasteiger partial charge in [-0.15, -0.1) is 6.42 Å². The lowest BCUT2D eigenvalue weighted by Gasteiger charge is -2.36. The number of aromatic nitrogens is 4. The van der Waals surface area contributed by atoms with Gasteiger partial charge in [0.05, 0.1) is 25.7 Å². The number of anilines is 1. The van der Waals surface area contributed by atoms with Gasteiger partial charge in [-0.25, -0.2) is 4.98 Å². The molecule has 0 radical (unpaired) electrons. The summed E-state index contributed by atoms with van der Waals surface area (Å²) in [7, 11) is 1.31. The first-order chi connectivity index (χ1) is 30.9. The van der Waals surface area contributed by atoms with Crippen LogP contribution in [-0.4, -0.2) is 74.7 Å². The van der Waals surface area contributed by atoms with E-state index >= 15 is 0 Å². The Bertz CT molecular complexity index is 2490. The van der Waals surface area contributed by atoms with Gasteiger partial charge in [-0.3, -0.25) is 24.0 Å². The van der Waals surface area contributed by atoms with Crippen molar-refractivity contribution < 1.29 is 47.7 Å². The van der Waals surface area contributed by atoms with E-state index in [1.807, 2.05) is 67.5 Å². The highest BCUT2D eigenvalue weighted by Crippen LogP contribution is 2.40. The summed E-state index contributed by atoms with van der Waals surface area (Å²) in [5.41, 5.74) is 1.31. The van der Waals surface area contributed by atoms with E-state index < -0.39 is 53.0 Å². The fraction of sp³-hybridized carbons (Fsp3) is 0.520. The van der Waals surface area contributed by atoms with Crippen LogP contribution in [0.4, 0.5) is 5.82 Å². The molecule has 0 aliphatic rings. The van der Waals surface area contributed by atoms with Gasteiger partial charge in [0.25, 0.3) is 0 Å². The minimum atomic E-state index is -1.90. The molecule has 0 saturated carbocycles. The Hall–Kier alpha value is -5.85. The largest absolute Gasteiger partial charge is 0.461 e. The summed E-state index contributed by atoms with van der Waals surface area (Å²) in [5, 5.41) is 2.63. The number of hydrogen-bond acceptors (Lipinski definition) is 13. The molecule has 0 saturated heterocycles. The number of unbranched alkanes of at least 4 members (excludes halogenated alkanes) is 4. The third kappa shape index (κ3) is 13.6. The summed E-state index contributed by atoms with van der Waals surface area (Å²) in [6.45, 7) is 18.8. The van der Waals surface area contributed by atoms with Crippen LogP contribution in [0.2, 0.25) is 5.28 Å². The van der Waals surface area contributed by atoms with Crippen molar-refractivity contribution in [3.05, 3.63) is 69.3 Å². The molecule has 2 aromatic heterocycles. The molecule has 4 aromatic rings. The van der Waals surface area contributed by atoms with Crippen LogP contribution in [0.5, 0.6) is 11.5 Å². The third-order valence-electron chi connectivity index (χ3n) is 11.3. The first kappa shape index (κ1) is 52.8. The number of nitrogens with zero attached hydrogens (tertiary/aromatic N) is 4. The Labute approximate surface area is 393 Å². The quantitative estimate of drug-likeness (QED) is 0.0259. The van der Waals surface area contributed by atoms with E-state index in [0.29, 0.717) is 29.0 Å². The van der Waals surface area contributed by atoms with Crippen LogP contribution in [0.1, 0.15) is 133 Å². The summed E-state index contributed by atoms with van der Waals surface area (Å²) in [6.07, 6.45) is 11.0. The average Bonchev–Trinajstić information content (AvgIpc) is 3.58. The molecular weight excluding hydrogens is 866 g/mol.